The van der Waals surface area contributed by atoms with E-state index in [4.69, 9.17) is 0 Å². The van der Waals surface area contributed by atoms with Crippen molar-refractivity contribution in [2.24, 2.45) is 0 Å². The first-order chi connectivity index (χ1) is 12.2. The molecule has 0 radical (unpaired) electrons. The van der Waals surface area contributed by atoms with Gasteiger partial charge in [0.1, 0.15) is 5.69 Å². The van der Waals surface area contributed by atoms with Crippen molar-refractivity contribution < 1.29 is 9.90 Å². The zero-order chi connectivity index (χ0) is 17.2. The van der Waals surface area contributed by atoms with Gasteiger partial charge in [-0.15, -0.1) is 11.3 Å². The van der Waals surface area contributed by atoms with Crippen LogP contribution in [0.4, 0.5) is 0 Å². The van der Waals surface area contributed by atoms with Crippen LogP contribution >= 0.6 is 11.3 Å². The third-order valence-corrected chi connectivity index (χ3v) is 5.27. The van der Waals surface area contributed by atoms with E-state index in [0.717, 1.165) is 22.6 Å². The van der Waals surface area contributed by atoms with E-state index in [1.807, 2.05) is 47.8 Å². The second-order valence-corrected chi connectivity index (χ2v) is 7.13. The number of thiazole rings is 1. The van der Waals surface area contributed by atoms with Crippen LogP contribution in [0.15, 0.2) is 60.0 Å². The van der Waals surface area contributed by atoms with Gasteiger partial charge in [0.25, 0.3) is 5.91 Å². The molecule has 1 N–H and O–H groups in total. The summed E-state index contributed by atoms with van der Waals surface area (Å²) >= 11 is 1.50. The highest BCUT2D eigenvalue weighted by Gasteiger charge is 2.28. The molecule has 0 fully saturated rings. The summed E-state index contributed by atoms with van der Waals surface area (Å²) in [7, 11) is 0. The van der Waals surface area contributed by atoms with Crippen LogP contribution in [0.25, 0.3) is 0 Å². The van der Waals surface area contributed by atoms with Gasteiger partial charge in [-0.25, -0.2) is 4.98 Å². The average molecular weight is 350 g/mol. The number of fused-ring (bicyclic) bond motifs is 1. The Balaban J connectivity index is 1.50. The number of aromatic nitrogens is 1. The fourth-order valence-electron chi connectivity index (χ4n) is 3.16. The highest BCUT2D eigenvalue weighted by atomic mass is 32.1. The van der Waals surface area contributed by atoms with Crippen molar-refractivity contribution in [3.05, 3.63) is 87.4 Å². The maximum Gasteiger partial charge on any atom is 0.273 e. The van der Waals surface area contributed by atoms with E-state index in [9.17, 15) is 9.90 Å². The molecular weight excluding hydrogens is 332 g/mol. The molecule has 1 amide bonds. The fraction of sp³-hybridized carbons (Fsp3) is 0.200. The van der Waals surface area contributed by atoms with Crippen molar-refractivity contribution >= 4 is 17.2 Å². The van der Waals surface area contributed by atoms with Gasteiger partial charge in [0.2, 0.25) is 0 Å². The van der Waals surface area contributed by atoms with E-state index >= 15 is 0 Å². The maximum absolute atomic E-state index is 12.8. The van der Waals surface area contributed by atoms with Crippen LogP contribution in [0.2, 0.25) is 0 Å². The molecule has 0 spiro atoms. The highest BCUT2D eigenvalue weighted by molar-refractivity contribution is 7.09. The molecule has 0 saturated carbocycles. The summed E-state index contributed by atoms with van der Waals surface area (Å²) in [5.74, 6) is -0.121. The van der Waals surface area contributed by atoms with Crippen LogP contribution in [-0.4, -0.2) is 27.4 Å². The Morgan fingerprint density at radius 2 is 1.92 bits per heavy atom. The number of nitrogens with zero attached hydrogens (tertiary/aromatic N) is 2. The molecule has 0 aliphatic carbocycles. The minimum atomic E-state index is -0.642. The molecule has 126 valence electrons. The van der Waals surface area contributed by atoms with Gasteiger partial charge in [-0.05, 0) is 16.7 Å². The number of carbonyl (C=O) groups is 1. The number of β-amino-alcohol motifs (C(OH)–C–C–N with tert-alkyl or cyclic N) is 1. The summed E-state index contributed by atoms with van der Waals surface area (Å²) in [5.41, 5.74) is 3.55. The van der Waals surface area contributed by atoms with Crippen molar-refractivity contribution in [2.75, 3.05) is 6.54 Å². The Kier molecular flexibility index (Phi) is 4.34. The first-order valence-corrected chi connectivity index (χ1v) is 9.12. The van der Waals surface area contributed by atoms with Crippen molar-refractivity contribution in [2.45, 2.75) is 19.1 Å². The quantitative estimate of drug-likeness (QED) is 0.787. The van der Waals surface area contributed by atoms with Crippen LogP contribution in [0.3, 0.4) is 0 Å². The minimum Gasteiger partial charge on any atom is -0.387 e. The second-order valence-electron chi connectivity index (χ2n) is 6.19. The Hall–Kier alpha value is -2.50. The molecule has 4 nitrogen and oxygen atoms in total. The van der Waals surface area contributed by atoms with Gasteiger partial charge in [-0.3, -0.25) is 4.79 Å². The van der Waals surface area contributed by atoms with Gasteiger partial charge in [0.05, 0.1) is 17.7 Å². The lowest BCUT2D eigenvalue weighted by atomic mass is 9.97. The number of amides is 1. The summed E-state index contributed by atoms with van der Waals surface area (Å²) in [4.78, 5) is 19.0. The fourth-order valence-corrected chi connectivity index (χ4v) is 3.96. The van der Waals surface area contributed by atoms with Crippen LogP contribution < -0.4 is 0 Å². The Bertz CT molecular complexity index is 891. The van der Waals surface area contributed by atoms with Crippen molar-refractivity contribution in [1.82, 2.24) is 9.88 Å². The standard InChI is InChI=1S/C20H18N2O2S/c23-18-12-22(11-15-8-4-5-9-16(15)18)20(24)17-13-25-19(21-17)10-14-6-2-1-3-7-14/h1-9,13,18,23H,10-12H2. The highest BCUT2D eigenvalue weighted by Crippen LogP contribution is 2.27. The zero-order valence-electron chi connectivity index (χ0n) is 13.6. The Labute approximate surface area is 150 Å². The van der Waals surface area contributed by atoms with Crippen molar-refractivity contribution in [3.63, 3.8) is 0 Å². The van der Waals surface area contributed by atoms with Gasteiger partial charge in [-0.1, -0.05) is 54.6 Å². The lowest BCUT2D eigenvalue weighted by Crippen LogP contribution is -2.38. The average Bonchev–Trinajstić information content (AvgIpc) is 3.10. The van der Waals surface area contributed by atoms with Gasteiger partial charge in [0.15, 0.2) is 0 Å². The van der Waals surface area contributed by atoms with Gasteiger partial charge >= 0.3 is 0 Å². The van der Waals surface area contributed by atoms with Crippen molar-refractivity contribution in [3.8, 4) is 0 Å². The summed E-state index contributed by atoms with van der Waals surface area (Å²) < 4.78 is 0. The molecule has 1 aliphatic rings. The largest absolute Gasteiger partial charge is 0.387 e. The second kappa shape index (κ2) is 6.78. The third-order valence-electron chi connectivity index (χ3n) is 4.42. The minimum absolute atomic E-state index is 0.121. The number of carbonyl (C=O) groups excluding carboxylic acids is 1. The molecule has 25 heavy (non-hydrogen) atoms. The van der Waals surface area contributed by atoms with E-state index in [1.165, 1.54) is 16.9 Å². The van der Waals surface area contributed by atoms with Gasteiger partial charge < -0.3 is 10.0 Å². The smallest absolute Gasteiger partial charge is 0.273 e. The van der Waals surface area contributed by atoms with Crippen LogP contribution in [0, 0.1) is 0 Å². The third kappa shape index (κ3) is 3.34. The number of hydrogen-bond donors (Lipinski definition) is 1. The molecule has 5 heteroatoms. The monoisotopic (exact) mass is 350 g/mol. The molecule has 0 saturated heterocycles. The molecule has 4 rings (SSSR count). The molecule has 1 aliphatic heterocycles. The van der Waals surface area contributed by atoms with E-state index in [0.29, 0.717) is 18.8 Å². The summed E-state index contributed by atoms with van der Waals surface area (Å²) in [6.07, 6.45) is 0.0841. The van der Waals surface area contributed by atoms with E-state index < -0.39 is 6.10 Å². The van der Waals surface area contributed by atoms with Crippen LogP contribution in [-0.2, 0) is 13.0 Å². The summed E-state index contributed by atoms with van der Waals surface area (Å²) in [5, 5.41) is 13.1. The first kappa shape index (κ1) is 16.0. The van der Waals surface area contributed by atoms with Crippen LogP contribution in [0.1, 0.15) is 38.3 Å². The first-order valence-electron chi connectivity index (χ1n) is 8.24. The predicted octanol–water partition coefficient (Wildman–Crippen LogP) is 3.42. The topological polar surface area (TPSA) is 53.4 Å². The molecular formula is C20H18N2O2S. The molecule has 3 aromatic rings. The van der Waals surface area contributed by atoms with E-state index in [1.54, 1.807) is 4.90 Å². The zero-order valence-corrected chi connectivity index (χ0v) is 14.4. The molecule has 1 atom stereocenters. The predicted molar refractivity (Wildman–Crippen MR) is 97.5 cm³/mol. The van der Waals surface area contributed by atoms with Crippen molar-refractivity contribution in [1.29, 1.82) is 0 Å². The van der Waals surface area contributed by atoms with E-state index in [-0.39, 0.29) is 5.91 Å². The molecule has 1 unspecified atom stereocenters. The Morgan fingerprint density at radius 3 is 2.76 bits per heavy atom. The number of rotatable bonds is 3. The Morgan fingerprint density at radius 1 is 1.16 bits per heavy atom. The van der Waals surface area contributed by atoms with Gasteiger partial charge in [0, 0.05) is 18.3 Å². The van der Waals surface area contributed by atoms with Gasteiger partial charge in [-0.2, -0.15) is 0 Å². The maximum atomic E-state index is 12.8. The summed E-state index contributed by atoms with van der Waals surface area (Å²) in [6, 6.07) is 17.8. The lowest BCUT2D eigenvalue weighted by Gasteiger charge is -2.31. The molecule has 1 aromatic heterocycles. The summed E-state index contributed by atoms with van der Waals surface area (Å²) in [6.45, 7) is 0.818. The number of benzene rings is 2. The van der Waals surface area contributed by atoms with E-state index in [2.05, 4.69) is 17.1 Å². The molecule has 0 bridgehead atoms. The number of aliphatic hydroxyl groups is 1. The normalized spacial score (nSPS) is 16.5. The molecule has 2 aromatic carbocycles. The number of aliphatic hydroxyl groups excluding tert-OH is 1. The molecule has 2 heterocycles. The SMILES string of the molecule is O=C(c1csc(Cc2ccccc2)n1)N1Cc2ccccc2C(O)C1. The lowest BCUT2D eigenvalue weighted by molar-refractivity contribution is 0.0545. The number of hydrogen-bond acceptors (Lipinski definition) is 4. The van der Waals surface area contributed by atoms with Crippen LogP contribution in [0.5, 0.6) is 0 Å².